The molecule has 0 aromatic rings. The average molecular weight is 1090 g/mol. The quantitative estimate of drug-likeness (QED) is 0.0507. The van der Waals surface area contributed by atoms with Crippen molar-refractivity contribution in [2.45, 2.75) is 191 Å². The lowest BCUT2D eigenvalue weighted by Crippen LogP contribution is -2.65. The SMILES string of the molecule is CC(CO[C@@H]1OC(CO)[C@@H](O[C@@H]2OC(CO)[C@H](O)[C@H](O)C2O)[C@H](O)C1O)(CO[C@@H]1OC(CO)[C@@H](O[C@@H]2OC(CO)[C@H](O)[C@H](O)C2O)[C@H](O)C1O)CO[C@@H]1OC(CO)[C@@H](O[C@@H]2OC(CO)[C@H](O)[C@H](O)C2O)[C@H](O)C1O. The molecule has 21 N–H and O–H groups in total. The zero-order chi connectivity index (χ0) is 54.7. The lowest BCUT2D eigenvalue weighted by atomic mass is 9.93. The third-order valence-electron chi connectivity index (χ3n) is 13.7. The molecule has 0 saturated carbocycles. The minimum Gasteiger partial charge on any atom is -0.394 e. The predicted octanol–water partition coefficient (Wildman–Crippen LogP) is -14.1. The first-order valence-electron chi connectivity index (χ1n) is 23.6. The Morgan fingerprint density at radius 1 is 0.270 bits per heavy atom. The zero-order valence-electron chi connectivity index (χ0n) is 39.5. The largest absolute Gasteiger partial charge is 0.394 e. The van der Waals surface area contributed by atoms with E-state index in [1.54, 1.807) is 0 Å². The van der Waals surface area contributed by atoms with Crippen molar-refractivity contribution < 1.29 is 164 Å². The predicted molar refractivity (Wildman–Crippen MR) is 225 cm³/mol. The minimum absolute atomic E-state index is 0.701. The number of aliphatic hydroxyl groups excluding tert-OH is 21. The molecule has 0 aromatic carbocycles. The summed E-state index contributed by atoms with van der Waals surface area (Å²) < 4.78 is 67.6. The van der Waals surface area contributed by atoms with Gasteiger partial charge in [-0.3, -0.25) is 0 Å². The fraction of sp³-hybridized carbons (Fsp3) is 1.00. The molecule has 6 aliphatic rings. The van der Waals surface area contributed by atoms with E-state index in [1.165, 1.54) is 6.92 Å². The van der Waals surface area contributed by atoms with Gasteiger partial charge in [-0.15, -0.1) is 0 Å². The van der Waals surface area contributed by atoms with Crippen LogP contribution in [-0.2, 0) is 56.8 Å². The average Bonchev–Trinajstić information content (AvgIpc) is 3.39. The number of rotatable bonds is 21. The minimum atomic E-state index is -2.06. The number of hydrogen-bond acceptors (Lipinski definition) is 33. The summed E-state index contributed by atoms with van der Waals surface area (Å²) >= 11 is 0. The van der Waals surface area contributed by atoms with Crippen LogP contribution in [0.1, 0.15) is 6.92 Å². The highest BCUT2D eigenvalue weighted by Crippen LogP contribution is 2.35. The van der Waals surface area contributed by atoms with Crippen LogP contribution in [-0.4, -0.2) is 351 Å². The van der Waals surface area contributed by atoms with E-state index in [1.807, 2.05) is 0 Å². The maximum Gasteiger partial charge on any atom is 0.187 e. The van der Waals surface area contributed by atoms with Gasteiger partial charge in [0.2, 0.25) is 0 Å². The summed E-state index contributed by atoms with van der Waals surface area (Å²) in [5.74, 6) is 0. The summed E-state index contributed by atoms with van der Waals surface area (Å²) in [4.78, 5) is 0. The van der Waals surface area contributed by atoms with Crippen LogP contribution in [0.2, 0.25) is 0 Å². The monoisotopic (exact) mass is 1090 g/mol. The Kier molecular flexibility index (Phi) is 22.4. The van der Waals surface area contributed by atoms with Crippen LogP contribution < -0.4 is 0 Å². The van der Waals surface area contributed by atoms with Crippen molar-refractivity contribution in [1.82, 2.24) is 0 Å². The first-order valence-corrected chi connectivity index (χ1v) is 23.6. The summed E-state index contributed by atoms with van der Waals surface area (Å²) in [6, 6.07) is 0. The first kappa shape index (κ1) is 61.9. The second-order valence-electron chi connectivity index (χ2n) is 19.3. The van der Waals surface area contributed by atoms with Crippen LogP contribution in [0.15, 0.2) is 0 Å². The van der Waals surface area contributed by atoms with Gasteiger partial charge in [-0.1, -0.05) is 6.92 Å². The number of aliphatic hydroxyl groups is 21. The summed E-state index contributed by atoms with van der Waals surface area (Å²) in [7, 11) is 0. The molecule has 0 aromatic heterocycles. The highest BCUT2D eigenvalue weighted by Gasteiger charge is 2.55. The standard InChI is InChI=1S/C41H72O33/c1-41(8-63-35-29(60)23(54)32(14(5-45)69-35)72-38-26(57)20(51)17(48)11(2-42)66-38,9-64-36-30(61)24(55)33(15(6-46)70-36)73-39-27(58)21(52)18(49)12(3-43)67-39)10-65-37-31(62)25(56)34(16(7-47)71-37)74-40-28(59)22(53)19(50)13(4-44)68-40/h11-40,42-62H,2-10H2,1H3/t11?,12?,13?,14?,15?,16?,17-,18-,19-,20-,21-,22-,23+,24+,25+,26?,27?,28?,29?,30?,31?,32+,33+,34+,35+,36+,37+,38-,39-,40-,41?/m0/s1. The Labute approximate surface area is 419 Å². The smallest absolute Gasteiger partial charge is 0.187 e. The Bertz CT molecular complexity index is 1480. The molecule has 434 valence electrons. The van der Waals surface area contributed by atoms with Crippen molar-refractivity contribution in [3.8, 4) is 0 Å². The number of ether oxygens (including phenoxy) is 12. The van der Waals surface area contributed by atoms with Crippen LogP contribution in [0, 0.1) is 5.41 Å². The summed E-state index contributed by atoms with van der Waals surface area (Å²) in [5, 5.41) is 220. The molecule has 74 heavy (non-hydrogen) atoms. The maximum atomic E-state index is 11.2. The van der Waals surface area contributed by atoms with Gasteiger partial charge in [0.1, 0.15) is 146 Å². The molecular weight excluding hydrogens is 1020 g/mol. The zero-order valence-corrected chi connectivity index (χ0v) is 39.5. The van der Waals surface area contributed by atoms with Gasteiger partial charge in [-0.25, -0.2) is 0 Å². The molecule has 0 amide bonds. The summed E-state index contributed by atoms with van der Waals surface area (Å²) in [5.41, 5.74) is -1.69. The molecule has 0 radical (unpaired) electrons. The van der Waals surface area contributed by atoms with Crippen molar-refractivity contribution >= 4 is 0 Å². The lowest BCUT2D eigenvalue weighted by molar-refractivity contribution is -0.369. The molecule has 6 heterocycles. The molecular formula is C41H72O33. The molecule has 6 saturated heterocycles. The highest BCUT2D eigenvalue weighted by molar-refractivity contribution is 4.98. The molecule has 0 aliphatic carbocycles. The van der Waals surface area contributed by atoms with Crippen molar-refractivity contribution in [2.75, 3.05) is 59.5 Å². The molecule has 6 rings (SSSR count). The van der Waals surface area contributed by atoms with E-state index in [4.69, 9.17) is 56.8 Å². The summed E-state index contributed by atoms with van der Waals surface area (Å²) in [6.07, 6.45) is -54.7. The third-order valence-corrected chi connectivity index (χ3v) is 13.7. The van der Waals surface area contributed by atoms with Crippen LogP contribution >= 0.6 is 0 Å². The lowest BCUT2D eigenvalue weighted by Gasteiger charge is -2.47. The second kappa shape index (κ2) is 26.8. The van der Waals surface area contributed by atoms with Crippen molar-refractivity contribution in [2.24, 2.45) is 5.41 Å². The Hall–Kier alpha value is -1.32. The highest BCUT2D eigenvalue weighted by atomic mass is 16.8. The molecule has 0 spiro atoms. The Morgan fingerprint density at radius 3 is 0.689 bits per heavy atom. The molecule has 0 bridgehead atoms. The van der Waals surface area contributed by atoms with Crippen LogP contribution in [0.4, 0.5) is 0 Å². The van der Waals surface area contributed by atoms with E-state index in [-0.39, 0.29) is 0 Å². The van der Waals surface area contributed by atoms with E-state index < -0.39 is 249 Å². The molecule has 12 unspecified atom stereocenters. The summed E-state index contributed by atoms with van der Waals surface area (Å²) in [6.45, 7) is -6.12. The molecule has 33 nitrogen and oxygen atoms in total. The van der Waals surface area contributed by atoms with Gasteiger partial charge in [-0.05, 0) is 0 Å². The van der Waals surface area contributed by atoms with Crippen molar-refractivity contribution in [3.05, 3.63) is 0 Å². The van der Waals surface area contributed by atoms with Gasteiger partial charge in [-0.2, -0.15) is 0 Å². The van der Waals surface area contributed by atoms with Gasteiger partial charge >= 0.3 is 0 Å². The van der Waals surface area contributed by atoms with Crippen LogP contribution in [0.25, 0.3) is 0 Å². The van der Waals surface area contributed by atoms with Crippen LogP contribution in [0.3, 0.4) is 0 Å². The topological polar surface area (TPSA) is 536 Å². The van der Waals surface area contributed by atoms with Gasteiger partial charge in [0, 0.05) is 5.41 Å². The second-order valence-corrected chi connectivity index (χ2v) is 19.3. The number of hydrogen-bond donors (Lipinski definition) is 21. The Balaban J connectivity index is 1.17. The van der Waals surface area contributed by atoms with Gasteiger partial charge < -0.3 is 164 Å². The van der Waals surface area contributed by atoms with Gasteiger partial charge in [0.15, 0.2) is 37.7 Å². The fourth-order valence-corrected chi connectivity index (χ4v) is 9.05. The van der Waals surface area contributed by atoms with E-state index in [9.17, 15) is 107 Å². The van der Waals surface area contributed by atoms with Gasteiger partial charge in [0.05, 0.1) is 59.5 Å². The van der Waals surface area contributed by atoms with E-state index >= 15 is 0 Å². The van der Waals surface area contributed by atoms with Crippen molar-refractivity contribution in [1.29, 1.82) is 0 Å². The van der Waals surface area contributed by atoms with E-state index in [0.29, 0.717) is 0 Å². The molecule has 33 heteroatoms. The van der Waals surface area contributed by atoms with Crippen molar-refractivity contribution in [3.63, 3.8) is 0 Å². The molecule has 30 atom stereocenters. The Morgan fingerprint density at radius 2 is 0.473 bits per heavy atom. The van der Waals surface area contributed by atoms with E-state index in [0.717, 1.165) is 0 Å². The van der Waals surface area contributed by atoms with Gasteiger partial charge in [0.25, 0.3) is 0 Å². The third kappa shape index (κ3) is 13.3. The fourth-order valence-electron chi connectivity index (χ4n) is 9.05. The molecule has 6 fully saturated rings. The van der Waals surface area contributed by atoms with Crippen LogP contribution in [0.5, 0.6) is 0 Å². The van der Waals surface area contributed by atoms with E-state index in [2.05, 4.69) is 0 Å². The molecule has 6 aliphatic heterocycles. The maximum absolute atomic E-state index is 11.2. The first-order chi connectivity index (χ1) is 35.0. The normalized spacial score (nSPS) is 50.4.